The number of carbonyl (C=O) groups excluding carboxylic acids is 1. The van der Waals surface area contributed by atoms with Crippen molar-refractivity contribution in [3.63, 3.8) is 0 Å². The molecule has 1 aliphatic heterocycles. The van der Waals surface area contributed by atoms with Crippen molar-refractivity contribution < 1.29 is 19.4 Å². The molecular weight excluding hydrogens is 238 g/mol. The minimum Gasteiger partial charge on any atom is -0.480 e. The smallest absolute Gasteiger partial charge is 0.317 e. The van der Waals surface area contributed by atoms with Crippen LogP contribution in [0.1, 0.15) is 6.42 Å². The zero-order valence-corrected chi connectivity index (χ0v) is 10.7. The fraction of sp³-hybridized carbons (Fsp3) is 0.818. The summed E-state index contributed by atoms with van der Waals surface area (Å²) in [4.78, 5) is 26.0. The van der Waals surface area contributed by atoms with Crippen LogP contribution in [0.25, 0.3) is 0 Å². The highest BCUT2D eigenvalue weighted by atomic mass is 16.5. The highest BCUT2D eigenvalue weighted by molar-refractivity contribution is 5.74. The van der Waals surface area contributed by atoms with Gasteiger partial charge in [-0.15, -0.1) is 0 Å². The van der Waals surface area contributed by atoms with Gasteiger partial charge in [0, 0.05) is 39.8 Å². The molecule has 0 bridgehead atoms. The second-order valence-electron chi connectivity index (χ2n) is 4.24. The minimum absolute atomic E-state index is 0.0408. The van der Waals surface area contributed by atoms with Crippen molar-refractivity contribution in [2.75, 3.05) is 53.0 Å². The second kappa shape index (κ2) is 7.88. The number of methoxy groups -OCH3 is 1. The van der Waals surface area contributed by atoms with Gasteiger partial charge in [0.1, 0.15) is 0 Å². The number of amides is 2. The number of carboxylic acids is 1. The van der Waals surface area contributed by atoms with Crippen LogP contribution in [-0.4, -0.2) is 79.9 Å². The van der Waals surface area contributed by atoms with E-state index in [0.717, 1.165) is 6.42 Å². The van der Waals surface area contributed by atoms with Crippen LogP contribution in [0.5, 0.6) is 0 Å². The number of rotatable bonds is 5. The summed E-state index contributed by atoms with van der Waals surface area (Å²) in [5, 5.41) is 11.5. The molecule has 0 saturated carbocycles. The van der Waals surface area contributed by atoms with Gasteiger partial charge in [0.2, 0.25) is 0 Å². The molecule has 1 heterocycles. The van der Waals surface area contributed by atoms with E-state index in [0.29, 0.717) is 39.3 Å². The number of hydrogen-bond donors (Lipinski definition) is 2. The molecule has 0 spiro atoms. The summed E-state index contributed by atoms with van der Waals surface area (Å²) >= 11 is 0. The van der Waals surface area contributed by atoms with Gasteiger partial charge in [-0.3, -0.25) is 9.69 Å². The monoisotopic (exact) mass is 259 g/mol. The van der Waals surface area contributed by atoms with Gasteiger partial charge >= 0.3 is 12.0 Å². The Balaban J connectivity index is 2.32. The van der Waals surface area contributed by atoms with Gasteiger partial charge in [0.15, 0.2) is 0 Å². The average molecular weight is 259 g/mol. The van der Waals surface area contributed by atoms with Crippen LogP contribution in [0.2, 0.25) is 0 Å². The fourth-order valence-electron chi connectivity index (χ4n) is 1.90. The van der Waals surface area contributed by atoms with Crippen molar-refractivity contribution in [2.24, 2.45) is 0 Å². The predicted octanol–water partition coefficient (Wildman–Crippen LogP) is -0.565. The molecule has 0 aliphatic carbocycles. The zero-order chi connectivity index (χ0) is 13.4. The Bertz CT molecular complexity index is 285. The van der Waals surface area contributed by atoms with Crippen LogP contribution in [0, 0.1) is 0 Å². The molecule has 1 saturated heterocycles. The molecule has 0 aromatic carbocycles. The van der Waals surface area contributed by atoms with Gasteiger partial charge in [0.25, 0.3) is 0 Å². The maximum atomic E-state index is 11.8. The van der Waals surface area contributed by atoms with Crippen LogP contribution in [0.15, 0.2) is 0 Å². The number of nitrogens with one attached hydrogen (secondary N) is 1. The molecule has 104 valence electrons. The van der Waals surface area contributed by atoms with E-state index < -0.39 is 5.97 Å². The minimum atomic E-state index is -0.826. The summed E-state index contributed by atoms with van der Waals surface area (Å²) in [5.74, 6) is -0.826. The largest absolute Gasteiger partial charge is 0.480 e. The van der Waals surface area contributed by atoms with Gasteiger partial charge < -0.3 is 20.1 Å². The van der Waals surface area contributed by atoms with E-state index in [-0.39, 0.29) is 12.6 Å². The van der Waals surface area contributed by atoms with E-state index >= 15 is 0 Å². The predicted molar refractivity (Wildman–Crippen MR) is 65.5 cm³/mol. The van der Waals surface area contributed by atoms with Crippen LogP contribution in [0.3, 0.4) is 0 Å². The summed E-state index contributed by atoms with van der Waals surface area (Å²) in [6, 6.07) is -0.107. The van der Waals surface area contributed by atoms with Crippen LogP contribution >= 0.6 is 0 Å². The molecule has 18 heavy (non-hydrogen) atoms. The molecule has 2 N–H and O–H groups in total. The normalized spacial score (nSPS) is 17.3. The van der Waals surface area contributed by atoms with E-state index in [9.17, 15) is 9.59 Å². The lowest BCUT2D eigenvalue weighted by Crippen LogP contribution is -2.43. The number of carboxylic acid groups (broad SMARTS) is 1. The number of carbonyl (C=O) groups is 2. The Hall–Kier alpha value is -1.34. The van der Waals surface area contributed by atoms with Crippen molar-refractivity contribution in [2.45, 2.75) is 6.42 Å². The summed E-state index contributed by atoms with van der Waals surface area (Å²) < 4.78 is 4.86. The summed E-state index contributed by atoms with van der Waals surface area (Å²) in [6.07, 6.45) is 0.797. The first-order valence-corrected chi connectivity index (χ1v) is 6.09. The molecule has 7 nitrogen and oxygen atoms in total. The van der Waals surface area contributed by atoms with Crippen molar-refractivity contribution in [3.8, 4) is 0 Å². The molecule has 1 aliphatic rings. The van der Waals surface area contributed by atoms with Gasteiger partial charge in [-0.2, -0.15) is 0 Å². The first-order chi connectivity index (χ1) is 8.63. The second-order valence-corrected chi connectivity index (χ2v) is 4.24. The molecule has 0 aromatic heterocycles. The Labute approximate surface area is 107 Å². The first kappa shape index (κ1) is 14.7. The van der Waals surface area contributed by atoms with Crippen LogP contribution in [0.4, 0.5) is 4.79 Å². The van der Waals surface area contributed by atoms with Crippen molar-refractivity contribution in [1.82, 2.24) is 15.1 Å². The van der Waals surface area contributed by atoms with Crippen molar-refractivity contribution >= 4 is 12.0 Å². The third-order valence-electron chi connectivity index (χ3n) is 2.82. The molecule has 1 rings (SSSR count). The molecule has 0 radical (unpaired) electrons. The Morgan fingerprint density at radius 1 is 1.28 bits per heavy atom. The SMILES string of the molecule is COCCNC(=O)N1CCCN(CC(=O)O)CC1. The molecule has 0 unspecified atom stereocenters. The van der Waals surface area contributed by atoms with Gasteiger partial charge in [0.05, 0.1) is 13.2 Å². The topological polar surface area (TPSA) is 82.1 Å². The van der Waals surface area contributed by atoms with E-state index in [2.05, 4.69) is 5.32 Å². The van der Waals surface area contributed by atoms with Crippen molar-refractivity contribution in [3.05, 3.63) is 0 Å². The first-order valence-electron chi connectivity index (χ1n) is 6.09. The highest BCUT2D eigenvalue weighted by Gasteiger charge is 2.19. The Morgan fingerprint density at radius 3 is 2.72 bits per heavy atom. The lowest BCUT2D eigenvalue weighted by molar-refractivity contribution is -0.138. The third-order valence-corrected chi connectivity index (χ3v) is 2.82. The lowest BCUT2D eigenvalue weighted by atomic mass is 10.4. The fourth-order valence-corrected chi connectivity index (χ4v) is 1.90. The maximum absolute atomic E-state index is 11.8. The van der Waals surface area contributed by atoms with Gasteiger partial charge in [-0.1, -0.05) is 0 Å². The summed E-state index contributed by atoms with van der Waals surface area (Å²) in [5.41, 5.74) is 0. The Kier molecular flexibility index (Phi) is 6.45. The van der Waals surface area contributed by atoms with Crippen LogP contribution in [-0.2, 0) is 9.53 Å². The Morgan fingerprint density at radius 2 is 2.06 bits per heavy atom. The number of hydrogen-bond acceptors (Lipinski definition) is 4. The number of urea groups is 1. The molecule has 0 atom stereocenters. The molecule has 7 heteroatoms. The van der Waals surface area contributed by atoms with E-state index in [4.69, 9.17) is 9.84 Å². The summed E-state index contributed by atoms with van der Waals surface area (Å²) in [7, 11) is 1.59. The summed E-state index contributed by atoms with van der Waals surface area (Å²) in [6.45, 7) is 3.56. The van der Waals surface area contributed by atoms with Crippen LogP contribution < -0.4 is 5.32 Å². The molecule has 0 aromatic rings. The van der Waals surface area contributed by atoms with E-state index in [1.54, 1.807) is 12.0 Å². The van der Waals surface area contributed by atoms with Gasteiger partial charge in [-0.25, -0.2) is 4.79 Å². The average Bonchev–Trinajstić information content (AvgIpc) is 2.54. The quantitative estimate of drug-likeness (QED) is 0.646. The third kappa shape index (κ3) is 5.33. The van der Waals surface area contributed by atoms with Crippen molar-refractivity contribution in [1.29, 1.82) is 0 Å². The number of nitrogens with zero attached hydrogens (tertiary/aromatic N) is 2. The van der Waals surface area contributed by atoms with Gasteiger partial charge in [-0.05, 0) is 6.42 Å². The standard InChI is InChI=1S/C11H21N3O4/c1-18-8-3-12-11(17)14-5-2-4-13(6-7-14)9-10(15)16/h2-9H2,1H3,(H,12,17)(H,15,16). The maximum Gasteiger partial charge on any atom is 0.317 e. The molecular formula is C11H21N3O4. The van der Waals surface area contributed by atoms with E-state index in [1.807, 2.05) is 4.90 Å². The zero-order valence-electron chi connectivity index (χ0n) is 10.7. The lowest BCUT2D eigenvalue weighted by Gasteiger charge is -2.21. The number of aliphatic carboxylic acids is 1. The number of ether oxygens (including phenoxy) is 1. The van der Waals surface area contributed by atoms with E-state index in [1.165, 1.54) is 0 Å². The highest BCUT2D eigenvalue weighted by Crippen LogP contribution is 2.03. The molecule has 2 amide bonds. The molecule has 1 fully saturated rings.